The zero-order valence-electron chi connectivity index (χ0n) is 15.2. The van der Waals surface area contributed by atoms with E-state index in [1.165, 1.54) is 0 Å². The number of aromatic nitrogens is 3. The molecule has 2 heterocycles. The van der Waals surface area contributed by atoms with Crippen LogP contribution >= 0.6 is 0 Å². The molecule has 2 N–H and O–H groups in total. The van der Waals surface area contributed by atoms with Crippen LogP contribution in [0.3, 0.4) is 0 Å². The summed E-state index contributed by atoms with van der Waals surface area (Å²) in [5.74, 6) is -0.168. The third kappa shape index (κ3) is 2.79. The number of rotatable bonds is 4. The Balaban J connectivity index is 2.03. The fourth-order valence-electron chi connectivity index (χ4n) is 3.36. The van der Waals surface area contributed by atoms with Gasteiger partial charge in [-0.1, -0.05) is 42.5 Å². The number of nitrogens with zero attached hydrogens (tertiary/aromatic N) is 3. The number of carbonyl (C=O) groups excluding carboxylic acids is 1. The smallest absolute Gasteiger partial charge is 0.344 e. The number of benzene rings is 2. The zero-order valence-corrected chi connectivity index (χ0v) is 15.2. The van der Waals surface area contributed by atoms with Crippen molar-refractivity contribution in [3.8, 4) is 0 Å². The number of carbonyl (C=O) groups is 1. The maximum Gasteiger partial charge on any atom is 0.344 e. The van der Waals surface area contributed by atoms with Gasteiger partial charge in [-0.3, -0.25) is 0 Å². The number of fused-ring (bicyclic) bond motifs is 2. The molecule has 2 aromatic heterocycles. The first-order valence-electron chi connectivity index (χ1n) is 8.90. The van der Waals surface area contributed by atoms with Gasteiger partial charge in [0.25, 0.3) is 0 Å². The third-order valence-electron chi connectivity index (χ3n) is 4.68. The van der Waals surface area contributed by atoms with E-state index in [2.05, 4.69) is 4.98 Å². The number of esters is 1. The van der Waals surface area contributed by atoms with Crippen molar-refractivity contribution in [3.05, 3.63) is 65.7 Å². The number of ether oxygens (including phenoxy) is 1. The molecule has 0 amide bonds. The fraction of sp³-hybridized carbons (Fsp3) is 0.190. The second kappa shape index (κ2) is 6.72. The lowest BCUT2D eigenvalue weighted by Gasteiger charge is -2.17. The Hall–Kier alpha value is -3.41. The molecular weight excluding hydrogens is 340 g/mol. The van der Waals surface area contributed by atoms with E-state index in [-0.39, 0.29) is 18.2 Å². The van der Waals surface area contributed by atoms with Crippen molar-refractivity contribution in [2.24, 2.45) is 0 Å². The van der Waals surface area contributed by atoms with Crippen LogP contribution in [0.15, 0.2) is 54.6 Å². The highest BCUT2D eigenvalue weighted by Gasteiger charge is 2.27. The number of para-hydroxylation sites is 2. The van der Waals surface area contributed by atoms with Crippen molar-refractivity contribution in [1.82, 2.24) is 14.5 Å². The van der Waals surface area contributed by atoms with Crippen molar-refractivity contribution >= 4 is 34.0 Å². The quantitative estimate of drug-likeness (QED) is 0.557. The number of nitrogen functional groups attached to an aromatic ring is 1. The summed E-state index contributed by atoms with van der Waals surface area (Å²) in [6.45, 7) is 4.05. The Bertz CT molecular complexity index is 1140. The molecule has 0 unspecified atom stereocenters. The lowest BCUT2D eigenvalue weighted by molar-refractivity contribution is 0.0529. The molecule has 0 bridgehead atoms. The topological polar surface area (TPSA) is 83.0 Å². The lowest BCUT2D eigenvalue weighted by Crippen LogP contribution is -2.13. The molecule has 6 nitrogen and oxygen atoms in total. The Labute approximate surface area is 156 Å². The first-order valence-corrected chi connectivity index (χ1v) is 8.90. The summed E-state index contributed by atoms with van der Waals surface area (Å²) in [6, 6.07) is 17.4. The molecule has 136 valence electrons. The molecule has 6 heteroatoms. The van der Waals surface area contributed by atoms with Crippen molar-refractivity contribution in [2.45, 2.75) is 19.9 Å². The summed E-state index contributed by atoms with van der Waals surface area (Å²) in [4.78, 5) is 22.0. The van der Waals surface area contributed by atoms with E-state index in [1.54, 1.807) is 6.92 Å². The van der Waals surface area contributed by atoms with Crippen molar-refractivity contribution in [2.75, 3.05) is 12.3 Å². The van der Waals surface area contributed by atoms with Gasteiger partial charge in [0.05, 0.1) is 23.7 Å². The van der Waals surface area contributed by atoms with Crippen LogP contribution < -0.4 is 5.73 Å². The van der Waals surface area contributed by atoms with Crippen LogP contribution in [0.1, 0.15) is 35.8 Å². The predicted octanol–water partition coefficient (Wildman–Crippen LogP) is 3.95. The third-order valence-corrected chi connectivity index (χ3v) is 4.68. The van der Waals surface area contributed by atoms with Crippen molar-refractivity contribution in [3.63, 3.8) is 0 Å². The number of anilines is 1. The molecule has 0 aliphatic carbocycles. The summed E-state index contributed by atoms with van der Waals surface area (Å²) >= 11 is 0. The molecule has 1 atom stereocenters. The monoisotopic (exact) mass is 360 g/mol. The zero-order chi connectivity index (χ0) is 19.0. The fourth-order valence-corrected chi connectivity index (χ4v) is 3.36. The largest absolute Gasteiger partial charge is 0.462 e. The van der Waals surface area contributed by atoms with Crippen LogP contribution in [-0.4, -0.2) is 27.1 Å². The van der Waals surface area contributed by atoms with E-state index >= 15 is 0 Å². The number of nitrogens with two attached hydrogens (primary N) is 1. The molecule has 0 saturated carbocycles. The second-order valence-electron chi connectivity index (χ2n) is 6.32. The molecule has 0 radical (unpaired) electrons. The van der Waals surface area contributed by atoms with Gasteiger partial charge in [0.1, 0.15) is 16.9 Å². The van der Waals surface area contributed by atoms with Gasteiger partial charge in [-0.25, -0.2) is 14.8 Å². The summed E-state index contributed by atoms with van der Waals surface area (Å²) < 4.78 is 7.09. The predicted molar refractivity (Wildman–Crippen MR) is 106 cm³/mol. The highest BCUT2D eigenvalue weighted by Crippen LogP contribution is 2.33. The summed E-state index contributed by atoms with van der Waals surface area (Å²) in [7, 11) is 0. The Morgan fingerprint density at radius 3 is 2.37 bits per heavy atom. The maximum absolute atomic E-state index is 12.6. The second-order valence-corrected chi connectivity index (χ2v) is 6.32. The molecule has 0 fully saturated rings. The highest BCUT2D eigenvalue weighted by molar-refractivity contribution is 6.08. The van der Waals surface area contributed by atoms with Gasteiger partial charge in [-0.2, -0.15) is 0 Å². The van der Waals surface area contributed by atoms with Gasteiger partial charge in [-0.15, -0.1) is 0 Å². The van der Waals surface area contributed by atoms with E-state index in [0.29, 0.717) is 22.5 Å². The SMILES string of the molecule is CCOC(=O)c1c(N)n([C@@H](C)c2ccccc2)c2nc3ccccc3nc12. The van der Waals surface area contributed by atoms with Gasteiger partial charge in [-0.05, 0) is 31.5 Å². The van der Waals surface area contributed by atoms with Crippen LogP contribution in [0.2, 0.25) is 0 Å². The standard InChI is InChI=1S/C21H20N4O2/c1-3-27-21(26)17-18-20(24-16-12-8-7-11-15(16)23-18)25(19(17)22)13(2)14-9-5-4-6-10-14/h4-13H,3,22H2,1-2H3/t13-/m0/s1. The van der Waals surface area contributed by atoms with Crippen molar-refractivity contribution in [1.29, 1.82) is 0 Å². The van der Waals surface area contributed by atoms with Gasteiger partial charge < -0.3 is 15.0 Å². The van der Waals surface area contributed by atoms with E-state index in [0.717, 1.165) is 11.1 Å². The molecule has 0 saturated heterocycles. The molecule has 27 heavy (non-hydrogen) atoms. The average molecular weight is 360 g/mol. The minimum atomic E-state index is -0.483. The van der Waals surface area contributed by atoms with E-state index < -0.39 is 5.97 Å². The van der Waals surface area contributed by atoms with Crippen LogP contribution in [-0.2, 0) is 4.74 Å². The molecule has 4 aromatic rings. The van der Waals surface area contributed by atoms with Gasteiger partial charge >= 0.3 is 5.97 Å². The molecular formula is C21H20N4O2. The van der Waals surface area contributed by atoms with Gasteiger partial charge in [0.15, 0.2) is 5.65 Å². The molecule has 0 aliphatic heterocycles. The maximum atomic E-state index is 12.6. The Morgan fingerprint density at radius 2 is 1.70 bits per heavy atom. The molecule has 0 aliphatic rings. The van der Waals surface area contributed by atoms with Gasteiger partial charge in [0, 0.05) is 0 Å². The van der Waals surface area contributed by atoms with Crippen LogP contribution in [0.4, 0.5) is 5.82 Å². The minimum absolute atomic E-state index is 0.118. The van der Waals surface area contributed by atoms with E-state index in [1.807, 2.05) is 66.1 Å². The normalized spacial score (nSPS) is 12.4. The summed E-state index contributed by atoms with van der Waals surface area (Å²) in [5.41, 5.74) is 10.3. The lowest BCUT2D eigenvalue weighted by atomic mass is 10.1. The average Bonchev–Trinajstić information content (AvgIpc) is 2.97. The van der Waals surface area contributed by atoms with Gasteiger partial charge in [0.2, 0.25) is 0 Å². The molecule has 4 rings (SSSR count). The van der Waals surface area contributed by atoms with Crippen LogP contribution in [0, 0.1) is 0 Å². The molecule has 0 spiro atoms. The van der Waals surface area contributed by atoms with Crippen molar-refractivity contribution < 1.29 is 9.53 Å². The van der Waals surface area contributed by atoms with E-state index in [4.69, 9.17) is 15.5 Å². The Kier molecular flexibility index (Phi) is 4.24. The van der Waals surface area contributed by atoms with Crippen LogP contribution in [0.5, 0.6) is 0 Å². The highest BCUT2D eigenvalue weighted by atomic mass is 16.5. The minimum Gasteiger partial charge on any atom is -0.462 e. The summed E-state index contributed by atoms with van der Waals surface area (Å²) in [6.07, 6.45) is 0. The first kappa shape index (κ1) is 17.0. The number of hydrogen-bond acceptors (Lipinski definition) is 5. The first-order chi connectivity index (χ1) is 13.1. The number of hydrogen-bond donors (Lipinski definition) is 1. The Morgan fingerprint density at radius 1 is 1.07 bits per heavy atom. The van der Waals surface area contributed by atoms with E-state index in [9.17, 15) is 4.79 Å². The molecule has 2 aromatic carbocycles. The summed E-state index contributed by atoms with van der Waals surface area (Å²) in [5, 5.41) is 0. The van der Waals surface area contributed by atoms with Crippen LogP contribution in [0.25, 0.3) is 22.2 Å².